The summed E-state index contributed by atoms with van der Waals surface area (Å²) in [6, 6.07) is 0. The van der Waals surface area contributed by atoms with Crippen LogP contribution in [0.1, 0.15) is 84.0 Å². The van der Waals surface area contributed by atoms with Gasteiger partial charge in [-0.05, 0) is 12.8 Å². The molecule has 0 amide bonds. The van der Waals surface area contributed by atoms with E-state index in [2.05, 4.69) is 6.92 Å². The SMILES string of the molecule is CCCCCCCCCCCCC1CCOC1Cl. The third-order valence-corrected chi connectivity index (χ3v) is 4.55. The first-order chi connectivity index (χ1) is 8.84. The van der Waals surface area contributed by atoms with E-state index in [1.54, 1.807) is 0 Å². The summed E-state index contributed by atoms with van der Waals surface area (Å²) >= 11 is 6.08. The lowest BCUT2D eigenvalue weighted by atomic mass is 9.99. The summed E-state index contributed by atoms with van der Waals surface area (Å²) in [4.78, 5) is 0. The molecule has 2 atom stereocenters. The van der Waals surface area contributed by atoms with E-state index in [4.69, 9.17) is 16.3 Å². The fraction of sp³-hybridized carbons (Fsp3) is 1.00. The normalized spacial score (nSPS) is 23.7. The van der Waals surface area contributed by atoms with Crippen LogP contribution < -0.4 is 0 Å². The predicted octanol–water partition coefficient (Wildman–Crippen LogP) is 5.90. The van der Waals surface area contributed by atoms with Crippen LogP contribution in [0.5, 0.6) is 0 Å². The van der Waals surface area contributed by atoms with E-state index in [1.165, 1.54) is 77.0 Å². The van der Waals surface area contributed by atoms with Crippen molar-refractivity contribution in [1.82, 2.24) is 0 Å². The Bertz CT molecular complexity index is 184. The summed E-state index contributed by atoms with van der Waals surface area (Å²) in [5.74, 6) is 0.626. The zero-order valence-electron chi connectivity index (χ0n) is 12.1. The zero-order chi connectivity index (χ0) is 13.1. The average Bonchev–Trinajstić information content (AvgIpc) is 2.77. The van der Waals surface area contributed by atoms with Crippen LogP contribution in [0.2, 0.25) is 0 Å². The minimum Gasteiger partial charge on any atom is -0.362 e. The molecule has 2 heteroatoms. The second kappa shape index (κ2) is 11.1. The molecule has 0 aromatic carbocycles. The van der Waals surface area contributed by atoms with E-state index in [9.17, 15) is 0 Å². The molecule has 0 bridgehead atoms. The van der Waals surface area contributed by atoms with Crippen LogP contribution in [0.3, 0.4) is 0 Å². The molecule has 18 heavy (non-hydrogen) atoms. The van der Waals surface area contributed by atoms with Crippen LogP contribution in [0.25, 0.3) is 0 Å². The largest absolute Gasteiger partial charge is 0.362 e. The maximum atomic E-state index is 6.08. The molecule has 1 fully saturated rings. The molecule has 1 rings (SSSR count). The summed E-state index contributed by atoms with van der Waals surface area (Å²) < 4.78 is 5.37. The molecule has 0 N–H and O–H groups in total. The molecule has 0 aromatic rings. The van der Waals surface area contributed by atoms with Crippen molar-refractivity contribution in [3.05, 3.63) is 0 Å². The first-order valence-electron chi connectivity index (χ1n) is 8.10. The lowest BCUT2D eigenvalue weighted by molar-refractivity contribution is 0.150. The van der Waals surface area contributed by atoms with Crippen molar-refractivity contribution >= 4 is 11.6 Å². The highest BCUT2D eigenvalue weighted by Gasteiger charge is 2.25. The molecule has 0 saturated carbocycles. The minimum atomic E-state index is 0.00330. The van der Waals surface area contributed by atoms with Gasteiger partial charge in [-0.1, -0.05) is 82.7 Å². The lowest BCUT2D eigenvalue weighted by Crippen LogP contribution is -2.07. The van der Waals surface area contributed by atoms with Crippen molar-refractivity contribution in [3.8, 4) is 0 Å². The van der Waals surface area contributed by atoms with Crippen molar-refractivity contribution in [1.29, 1.82) is 0 Å². The number of halogens is 1. The van der Waals surface area contributed by atoms with Crippen LogP contribution >= 0.6 is 11.6 Å². The zero-order valence-corrected chi connectivity index (χ0v) is 12.9. The van der Waals surface area contributed by atoms with E-state index in [-0.39, 0.29) is 5.56 Å². The van der Waals surface area contributed by atoms with Gasteiger partial charge in [0.05, 0.1) is 0 Å². The molecule has 1 aliphatic heterocycles. The van der Waals surface area contributed by atoms with Gasteiger partial charge in [-0.25, -0.2) is 0 Å². The predicted molar refractivity (Wildman–Crippen MR) is 80.2 cm³/mol. The molecule has 0 aromatic heterocycles. The van der Waals surface area contributed by atoms with Gasteiger partial charge in [0.2, 0.25) is 0 Å². The van der Waals surface area contributed by atoms with Gasteiger partial charge >= 0.3 is 0 Å². The third-order valence-electron chi connectivity index (χ3n) is 4.06. The first-order valence-corrected chi connectivity index (χ1v) is 8.54. The van der Waals surface area contributed by atoms with Crippen molar-refractivity contribution in [2.45, 2.75) is 89.5 Å². The second-order valence-corrected chi connectivity index (χ2v) is 6.17. The molecule has 1 saturated heterocycles. The van der Waals surface area contributed by atoms with Crippen molar-refractivity contribution in [3.63, 3.8) is 0 Å². The average molecular weight is 275 g/mol. The molecular formula is C16H31ClO. The summed E-state index contributed by atoms with van der Waals surface area (Å²) in [6.07, 6.45) is 16.5. The fourth-order valence-corrected chi connectivity index (χ4v) is 3.11. The van der Waals surface area contributed by atoms with E-state index < -0.39 is 0 Å². The highest BCUT2D eigenvalue weighted by molar-refractivity contribution is 6.20. The Kier molecular flexibility index (Phi) is 10.1. The van der Waals surface area contributed by atoms with Crippen LogP contribution in [0.4, 0.5) is 0 Å². The third kappa shape index (κ3) is 7.63. The smallest absolute Gasteiger partial charge is 0.134 e. The van der Waals surface area contributed by atoms with Crippen LogP contribution in [-0.2, 0) is 4.74 Å². The van der Waals surface area contributed by atoms with Crippen molar-refractivity contribution < 1.29 is 4.74 Å². The van der Waals surface area contributed by atoms with Gasteiger partial charge in [0, 0.05) is 12.5 Å². The van der Waals surface area contributed by atoms with Gasteiger partial charge in [0.15, 0.2) is 0 Å². The fourth-order valence-electron chi connectivity index (χ4n) is 2.77. The molecule has 1 aliphatic rings. The monoisotopic (exact) mass is 274 g/mol. The van der Waals surface area contributed by atoms with Crippen molar-refractivity contribution in [2.75, 3.05) is 6.61 Å². The summed E-state index contributed by atoms with van der Waals surface area (Å²) in [6.45, 7) is 3.15. The maximum absolute atomic E-state index is 6.08. The van der Waals surface area contributed by atoms with Crippen LogP contribution in [0.15, 0.2) is 0 Å². The molecule has 0 radical (unpaired) electrons. The number of hydrogen-bond acceptors (Lipinski definition) is 1. The van der Waals surface area contributed by atoms with Gasteiger partial charge in [-0.3, -0.25) is 0 Å². The Morgan fingerprint density at radius 2 is 1.44 bits per heavy atom. The van der Waals surface area contributed by atoms with Gasteiger partial charge in [0.25, 0.3) is 0 Å². The first kappa shape index (κ1) is 16.3. The number of rotatable bonds is 11. The Morgan fingerprint density at radius 3 is 1.94 bits per heavy atom. The summed E-state index contributed by atoms with van der Waals surface area (Å²) in [5.41, 5.74) is 0.00330. The molecule has 1 nitrogen and oxygen atoms in total. The molecule has 0 spiro atoms. The van der Waals surface area contributed by atoms with Gasteiger partial charge in [-0.15, -0.1) is 0 Å². The quantitative estimate of drug-likeness (QED) is 0.337. The van der Waals surface area contributed by atoms with Gasteiger partial charge in [0.1, 0.15) is 5.56 Å². The van der Waals surface area contributed by atoms with E-state index in [1.807, 2.05) is 0 Å². The Balaban J connectivity index is 1.76. The number of alkyl halides is 1. The Morgan fingerprint density at radius 1 is 0.889 bits per heavy atom. The Hall–Kier alpha value is 0.250. The highest BCUT2D eigenvalue weighted by atomic mass is 35.5. The van der Waals surface area contributed by atoms with E-state index >= 15 is 0 Å². The van der Waals surface area contributed by atoms with Crippen molar-refractivity contribution in [2.24, 2.45) is 5.92 Å². The number of hydrogen-bond donors (Lipinski definition) is 0. The molecule has 0 aliphatic carbocycles. The van der Waals surface area contributed by atoms with E-state index in [0.29, 0.717) is 5.92 Å². The maximum Gasteiger partial charge on any atom is 0.134 e. The van der Waals surface area contributed by atoms with Gasteiger partial charge < -0.3 is 4.74 Å². The van der Waals surface area contributed by atoms with Gasteiger partial charge in [-0.2, -0.15) is 0 Å². The minimum absolute atomic E-state index is 0.00330. The second-order valence-electron chi connectivity index (χ2n) is 5.74. The highest BCUT2D eigenvalue weighted by Crippen LogP contribution is 2.28. The topological polar surface area (TPSA) is 9.23 Å². The van der Waals surface area contributed by atoms with Crippen LogP contribution in [0, 0.1) is 5.92 Å². The Labute approximate surface area is 119 Å². The molecular weight excluding hydrogens is 244 g/mol. The molecule has 108 valence electrons. The molecule has 2 unspecified atom stereocenters. The van der Waals surface area contributed by atoms with Crippen LogP contribution in [-0.4, -0.2) is 12.2 Å². The lowest BCUT2D eigenvalue weighted by Gasteiger charge is -2.11. The number of unbranched alkanes of at least 4 members (excludes halogenated alkanes) is 9. The van der Waals surface area contributed by atoms with E-state index in [0.717, 1.165) is 6.61 Å². The standard InChI is InChI=1S/C16H31ClO/c1-2-3-4-5-6-7-8-9-10-11-12-15-13-14-18-16(15)17/h15-16H,2-14H2,1H3. The summed E-state index contributed by atoms with van der Waals surface area (Å²) in [5, 5.41) is 0. The molecule has 1 heterocycles. The summed E-state index contributed by atoms with van der Waals surface area (Å²) in [7, 11) is 0. The number of ether oxygens (including phenoxy) is 1.